The Morgan fingerprint density at radius 3 is 2.27 bits per heavy atom. The van der Waals surface area contributed by atoms with E-state index in [1.807, 2.05) is 81.4 Å². The van der Waals surface area contributed by atoms with Gasteiger partial charge in [0.2, 0.25) is 5.91 Å². The van der Waals surface area contributed by atoms with Crippen molar-refractivity contribution in [1.29, 1.82) is 0 Å². The van der Waals surface area contributed by atoms with Crippen molar-refractivity contribution in [2.45, 2.75) is 38.3 Å². The molecule has 41 heavy (non-hydrogen) atoms. The van der Waals surface area contributed by atoms with E-state index < -0.39 is 23.4 Å². The molecule has 4 heterocycles. The molecule has 1 amide bonds. The van der Waals surface area contributed by atoms with Gasteiger partial charge in [-0.1, -0.05) is 65.7 Å². The number of carbonyl (C=O) groups is 3. The summed E-state index contributed by atoms with van der Waals surface area (Å²) in [6.07, 6.45) is 5.23. The lowest BCUT2D eigenvalue weighted by atomic mass is 9.64. The Kier molecular flexibility index (Phi) is 5.58. The number of para-hydroxylation sites is 1. The Morgan fingerprint density at radius 2 is 1.51 bits per heavy atom. The van der Waals surface area contributed by atoms with Crippen LogP contribution in [0.5, 0.6) is 0 Å². The van der Waals surface area contributed by atoms with Gasteiger partial charge in [0.15, 0.2) is 11.6 Å². The molecule has 0 unspecified atom stereocenters. The zero-order chi connectivity index (χ0) is 28.5. The number of rotatable bonds is 4. The highest BCUT2D eigenvalue weighted by Crippen LogP contribution is 2.58. The van der Waals surface area contributed by atoms with Gasteiger partial charge >= 0.3 is 0 Å². The molecule has 0 aliphatic carbocycles. The number of ketones is 2. The van der Waals surface area contributed by atoms with Crippen LogP contribution >= 0.6 is 0 Å². The third kappa shape index (κ3) is 3.50. The Morgan fingerprint density at radius 1 is 0.829 bits per heavy atom. The average Bonchev–Trinajstić information content (AvgIpc) is 3.45. The summed E-state index contributed by atoms with van der Waals surface area (Å²) in [5.74, 6) is -1.70. The lowest BCUT2D eigenvalue weighted by Gasteiger charge is -2.39. The highest BCUT2D eigenvalue weighted by Gasteiger charge is 2.70. The van der Waals surface area contributed by atoms with Crippen LogP contribution in [-0.2, 0) is 10.2 Å². The van der Waals surface area contributed by atoms with Gasteiger partial charge in [0.1, 0.15) is 11.5 Å². The maximum atomic E-state index is 14.7. The van der Waals surface area contributed by atoms with Gasteiger partial charge < -0.3 is 10.2 Å². The minimum absolute atomic E-state index is 0.184. The molecule has 6 heteroatoms. The molecule has 1 fully saturated rings. The predicted octanol–water partition coefficient (Wildman–Crippen LogP) is 5.94. The minimum Gasteiger partial charge on any atom is -0.352 e. The van der Waals surface area contributed by atoms with Crippen molar-refractivity contribution >= 4 is 34.4 Å². The van der Waals surface area contributed by atoms with E-state index in [9.17, 15) is 14.4 Å². The summed E-state index contributed by atoms with van der Waals surface area (Å²) in [6.45, 7) is 6.05. The maximum Gasteiger partial charge on any atom is 0.238 e. The van der Waals surface area contributed by atoms with E-state index in [0.29, 0.717) is 16.8 Å². The van der Waals surface area contributed by atoms with Crippen LogP contribution in [0.15, 0.2) is 97.3 Å². The Bertz CT molecular complexity index is 1780. The van der Waals surface area contributed by atoms with Crippen LogP contribution in [0.25, 0.3) is 5.57 Å². The number of pyridine rings is 1. The van der Waals surface area contributed by atoms with Gasteiger partial charge in [-0.05, 0) is 62.2 Å². The third-order valence-corrected chi connectivity index (χ3v) is 8.98. The van der Waals surface area contributed by atoms with Crippen LogP contribution in [0, 0.1) is 19.8 Å². The molecule has 1 saturated heterocycles. The van der Waals surface area contributed by atoms with Crippen molar-refractivity contribution in [3.63, 3.8) is 0 Å². The standard InChI is InChI=1S/C35H29N3O3/c1-20-8-11-23(12-9-20)33(40)31-30(32(39)24-14-16-36-17-15-24)35(26-6-4-5-7-27(26)37-34(35)41)29-19-22(3)25-18-21(2)10-13-28(25)38(29)31/h4-19,29-31H,1-3H3,(H,37,41)/t29-,30-,31-,35-/m1/s1. The summed E-state index contributed by atoms with van der Waals surface area (Å²) < 4.78 is 0. The summed E-state index contributed by atoms with van der Waals surface area (Å²) in [5.41, 5.74) is 6.02. The van der Waals surface area contributed by atoms with Crippen LogP contribution in [0.1, 0.15) is 49.9 Å². The van der Waals surface area contributed by atoms with E-state index in [1.165, 1.54) is 0 Å². The number of fused-ring (bicyclic) bond motifs is 6. The van der Waals surface area contributed by atoms with Crippen molar-refractivity contribution in [2.75, 3.05) is 10.2 Å². The van der Waals surface area contributed by atoms with Gasteiger partial charge in [0, 0.05) is 40.5 Å². The van der Waals surface area contributed by atoms with Gasteiger partial charge in [-0.25, -0.2) is 0 Å². The van der Waals surface area contributed by atoms with Crippen LogP contribution in [-0.4, -0.2) is 34.5 Å². The van der Waals surface area contributed by atoms with Crippen LogP contribution in [0.4, 0.5) is 11.4 Å². The number of hydrogen-bond acceptors (Lipinski definition) is 5. The summed E-state index contributed by atoms with van der Waals surface area (Å²) in [4.78, 5) is 50.1. The SMILES string of the molecule is CC1=C[C@H]2N(c3ccc(C)cc31)[C@@H](C(=O)c1ccc(C)cc1)[C@H](C(=O)c1ccncc1)[C@]21C(=O)Nc2ccccc21. The van der Waals surface area contributed by atoms with E-state index in [4.69, 9.17) is 0 Å². The molecule has 3 aromatic carbocycles. The molecule has 1 aromatic heterocycles. The number of anilines is 2. The van der Waals surface area contributed by atoms with E-state index >= 15 is 0 Å². The molecular formula is C35H29N3O3. The predicted molar refractivity (Wildman–Crippen MR) is 159 cm³/mol. The van der Waals surface area contributed by atoms with Gasteiger partial charge in [0.05, 0.1) is 12.0 Å². The molecule has 3 aliphatic rings. The van der Waals surface area contributed by atoms with E-state index in [1.54, 1.807) is 24.5 Å². The zero-order valence-electron chi connectivity index (χ0n) is 23.1. The number of benzene rings is 3. The fourth-order valence-corrected chi connectivity index (χ4v) is 7.13. The smallest absolute Gasteiger partial charge is 0.238 e. The van der Waals surface area contributed by atoms with Crippen LogP contribution < -0.4 is 10.2 Å². The Hall–Kier alpha value is -4.84. The van der Waals surface area contributed by atoms with E-state index in [0.717, 1.165) is 33.5 Å². The molecule has 7 rings (SSSR count). The first-order chi connectivity index (χ1) is 19.8. The highest BCUT2D eigenvalue weighted by molar-refractivity contribution is 6.18. The first-order valence-corrected chi connectivity index (χ1v) is 13.9. The molecule has 4 atom stereocenters. The number of carbonyl (C=O) groups excluding carboxylic acids is 3. The van der Waals surface area contributed by atoms with E-state index in [-0.39, 0.29) is 17.5 Å². The summed E-state index contributed by atoms with van der Waals surface area (Å²) in [6, 6.07) is 23.0. The molecule has 1 spiro atoms. The molecule has 202 valence electrons. The monoisotopic (exact) mass is 539 g/mol. The second-order valence-corrected chi connectivity index (χ2v) is 11.3. The van der Waals surface area contributed by atoms with Crippen LogP contribution in [0.3, 0.4) is 0 Å². The summed E-state index contributed by atoms with van der Waals surface area (Å²) in [7, 11) is 0. The fraction of sp³-hybridized carbons (Fsp3) is 0.200. The molecule has 6 nitrogen and oxygen atoms in total. The third-order valence-electron chi connectivity index (χ3n) is 8.98. The molecular weight excluding hydrogens is 510 g/mol. The van der Waals surface area contributed by atoms with Crippen molar-refractivity contribution in [2.24, 2.45) is 5.92 Å². The number of amides is 1. The maximum absolute atomic E-state index is 14.7. The normalized spacial score (nSPS) is 23.9. The number of nitrogens with one attached hydrogen (secondary N) is 1. The van der Waals surface area contributed by atoms with Crippen molar-refractivity contribution in [1.82, 2.24) is 4.98 Å². The lowest BCUT2D eigenvalue weighted by molar-refractivity contribution is -0.121. The number of Topliss-reactive ketones (excluding diaryl/α,β-unsaturated/α-hetero) is 2. The average molecular weight is 540 g/mol. The summed E-state index contributed by atoms with van der Waals surface area (Å²) >= 11 is 0. The first-order valence-electron chi connectivity index (χ1n) is 13.9. The Labute approximate surface area is 238 Å². The summed E-state index contributed by atoms with van der Waals surface area (Å²) in [5, 5.41) is 3.08. The first kappa shape index (κ1) is 25.1. The van der Waals surface area contributed by atoms with Gasteiger partial charge in [-0.3, -0.25) is 19.4 Å². The van der Waals surface area contributed by atoms with Gasteiger partial charge in [0.25, 0.3) is 0 Å². The molecule has 4 aromatic rings. The van der Waals surface area contributed by atoms with Crippen molar-refractivity contribution < 1.29 is 14.4 Å². The number of hydrogen-bond donors (Lipinski definition) is 1. The molecule has 0 radical (unpaired) electrons. The molecule has 1 N–H and O–H groups in total. The molecule has 0 bridgehead atoms. The van der Waals surface area contributed by atoms with Crippen LogP contribution in [0.2, 0.25) is 0 Å². The molecule has 0 saturated carbocycles. The minimum atomic E-state index is -1.33. The second-order valence-electron chi connectivity index (χ2n) is 11.3. The number of aryl methyl sites for hydroxylation is 2. The van der Waals surface area contributed by atoms with Crippen molar-refractivity contribution in [3.05, 3.63) is 131 Å². The zero-order valence-corrected chi connectivity index (χ0v) is 23.1. The number of allylic oxidation sites excluding steroid dienone is 1. The topological polar surface area (TPSA) is 79.4 Å². The Balaban J connectivity index is 1.56. The largest absolute Gasteiger partial charge is 0.352 e. The number of aromatic nitrogens is 1. The van der Waals surface area contributed by atoms with Crippen molar-refractivity contribution in [3.8, 4) is 0 Å². The number of nitrogens with zero attached hydrogens (tertiary/aromatic N) is 2. The van der Waals surface area contributed by atoms with E-state index in [2.05, 4.69) is 27.3 Å². The second kappa shape index (κ2) is 9.10. The lowest BCUT2D eigenvalue weighted by Crippen LogP contribution is -2.51. The highest BCUT2D eigenvalue weighted by atomic mass is 16.2. The quantitative estimate of drug-likeness (QED) is 0.325. The van der Waals surface area contributed by atoms with Gasteiger partial charge in [-0.15, -0.1) is 0 Å². The fourth-order valence-electron chi connectivity index (χ4n) is 7.13. The van der Waals surface area contributed by atoms with Gasteiger partial charge in [-0.2, -0.15) is 0 Å². The molecule has 3 aliphatic heterocycles.